The fourth-order valence-electron chi connectivity index (χ4n) is 1.72. The fraction of sp³-hybridized carbons (Fsp3) is 0.857. The number of hydrogen-bond acceptors (Lipinski definition) is 2. The van der Waals surface area contributed by atoms with Crippen molar-refractivity contribution >= 4 is 5.91 Å². The van der Waals surface area contributed by atoms with Crippen molar-refractivity contribution in [1.82, 2.24) is 4.90 Å². The van der Waals surface area contributed by atoms with E-state index in [0.717, 1.165) is 13.0 Å². The summed E-state index contributed by atoms with van der Waals surface area (Å²) >= 11 is -0.178. The molecule has 0 saturated carbocycles. The molecule has 1 amide bonds. The first-order valence-corrected chi connectivity index (χ1v) is 5.96. The maximum atomic E-state index is 11.1. The molecule has 0 N–H and O–H groups in total. The summed E-state index contributed by atoms with van der Waals surface area (Å²) in [7, 11) is 0. The summed E-state index contributed by atoms with van der Waals surface area (Å²) in [6.07, 6.45) is 2.33. The fourth-order valence-corrected chi connectivity index (χ4v) is 4.47. The van der Waals surface area contributed by atoms with E-state index >= 15 is 0 Å². The SMILES string of the molecule is CC(=O)N1C2CCC1[I-]OC2. The monoisotopic (exact) mass is 268 g/mol. The molecule has 0 spiro atoms. The van der Waals surface area contributed by atoms with Crippen LogP contribution in [-0.4, -0.2) is 27.5 Å². The second-order valence-corrected chi connectivity index (χ2v) is 5.53. The van der Waals surface area contributed by atoms with E-state index < -0.39 is 0 Å². The minimum atomic E-state index is -0.178. The van der Waals surface area contributed by atoms with Gasteiger partial charge in [-0.3, -0.25) is 0 Å². The molecule has 0 aromatic heterocycles. The zero-order chi connectivity index (χ0) is 7.84. The van der Waals surface area contributed by atoms with E-state index in [1.54, 1.807) is 6.92 Å². The van der Waals surface area contributed by atoms with Gasteiger partial charge in [0, 0.05) is 0 Å². The molecule has 64 valence electrons. The Hall–Kier alpha value is 0.160. The van der Waals surface area contributed by atoms with Gasteiger partial charge >= 0.3 is 76.8 Å². The van der Waals surface area contributed by atoms with E-state index in [2.05, 4.69) is 0 Å². The molecule has 0 aliphatic carbocycles. The van der Waals surface area contributed by atoms with Gasteiger partial charge in [0.25, 0.3) is 0 Å². The summed E-state index contributed by atoms with van der Waals surface area (Å²) in [4.78, 5) is 13.2. The van der Waals surface area contributed by atoms with Gasteiger partial charge in [0.15, 0.2) is 0 Å². The first-order valence-electron chi connectivity index (χ1n) is 3.83. The molecule has 2 atom stereocenters. The van der Waals surface area contributed by atoms with E-state index in [9.17, 15) is 4.79 Å². The van der Waals surface area contributed by atoms with Gasteiger partial charge in [-0.15, -0.1) is 0 Å². The van der Waals surface area contributed by atoms with Gasteiger partial charge in [-0.2, -0.15) is 0 Å². The molecule has 2 aliphatic rings. The number of carbonyl (C=O) groups excluding carboxylic acids is 1. The zero-order valence-corrected chi connectivity index (χ0v) is 8.58. The second-order valence-electron chi connectivity index (χ2n) is 2.96. The standard InChI is InChI=1S/C7H11INO2/c1-5(10)9-6-2-3-7(9)8-11-4-6/h6-7H,2-4H2,1H3/q-1. The van der Waals surface area contributed by atoms with Crippen molar-refractivity contribution < 1.29 is 29.5 Å². The molecular weight excluding hydrogens is 257 g/mol. The van der Waals surface area contributed by atoms with Crippen LogP contribution < -0.4 is 21.6 Å². The van der Waals surface area contributed by atoms with Crippen LogP contribution in [0.25, 0.3) is 0 Å². The summed E-state index contributed by atoms with van der Waals surface area (Å²) in [6, 6.07) is 0.408. The first-order chi connectivity index (χ1) is 5.29. The Bertz CT molecular complexity index is 169. The predicted octanol–water partition coefficient (Wildman–Crippen LogP) is -2.64. The van der Waals surface area contributed by atoms with Crippen LogP contribution in [0.5, 0.6) is 0 Å². The second kappa shape index (κ2) is 2.90. The molecule has 3 nitrogen and oxygen atoms in total. The van der Waals surface area contributed by atoms with Gasteiger partial charge in [-0.1, -0.05) is 0 Å². The number of carbonyl (C=O) groups is 1. The Balaban J connectivity index is 2.15. The summed E-state index contributed by atoms with van der Waals surface area (Å²) in [5.74, 6) is 0.237. The molecule has 0 radical (unpaired) electrons. The number of rotatable bonds is 0. The van der Waals surface area contributed by atoms with Crippen molar-refractivity contribution in [2.24, 2.45) is 0 Å². The number of hydrogen-bond donors (Lipinski definition) is 0. The molecule has 11 heavy (non-hydrogen) atoms. The average molecular weight is 268 g/mol. The van der Waals surface area contributed by atoms with Crippen LogP contribution in [0.4, 0.5) is 0 Å². The Kier molecular flexibility index (Phi) is 2.05. The van der Waals surface area contributed by atoms with Crippen LogP contribution in [0.1, 0.15) is 19.8 Å². The summed E-state index contributed by atoms with van der Waals surface area (Å²) < 4.78 is 5.94. The van der Waals surface area contributed by atoms with Crippen LogP contribution in [0.2, 0.25) is 0 Å². The Morgan fingerprint density at radius 2 is 2.45 bits per heavy atom. The molecule has 2 aliphatic heterocycles. The maximum absolute atomic E-state index is 11.1. The number of nitrogens with zero attached hydrogens (tertiary/aromatic N) is 1. The van der Waals surface area contributed by atoms with E-state index in [1.165, 1.54) is 6.42 Å². The number of alkyl halides is 1. The van der Waals surface area contributed by atoms with E-state index in [-0.39, 0.29) is 27.5 Å². The van der Waals surface area contributed by atoms with Crippen LogP contribution in [0.3, 0.4) is 0 Å². The van der Waals surface area contributed by atoms with E-state index in [1.807, 2.05) is 4.90 Å². The van der Waals surface area contributed by atoms with Crippen LogP contribution in [-0.2, 0) is 7.86 Å². The minimum absolute atomic E-state index is 0.178. The molecule has 4 heteroatoms. The van der Waals surface area contributed by atoms with Gasteiger partial charge < -0.3 is 0 Å². The van der Waals surface area contributed by atoms with Crippen molar-refractivity contribution in [1.29, 1.82) is 0 Å². The topological polar surface area (TPSA) is 29.5 Å². The summed E-state index contributed by atoms with van der Waals surface area (Å²) in [5, 5.41) is 0. The Morgan fingerprint density at radius 1 is 1.64 bits per heavy atom. The third-order valence-corrected chi connectivity index (χ3v) is 4.75. The van der Waals surface area contributed by atoms with Crippen molar-refractivity contribution in [2.75, 3.05) is 6.61 Å². The van der Waals surface area contributed by atoms with Gasteiger partial charge in [0.2, 0.25) is 0 Å². The Labute approximate surface area is 76.9 Å². The van der Waals surface area contributed by atoms with Gasteiger partial charge in [0.1, 0.15) is 0 Å². The van der Waals surface area contributed by atoms with Crippen molar-refractivity contribution in [2.45, 2.75) is 29.9 Å². The van der Waals surface area contributed by atoms with Crippen molar-refractivity contribution in [3.05, 3.63) is 0 Å². The third kappa shape index (κ3) is 1.26. The molecule has 2 unspecified atom stereocenters. The van der Waals surface area contributed by atoms with E-state index in [0.29, 0.717) is 10.1 Å². The molecule has 0 aromatic carbocycles. The van der Waals surface area contributed by atoms with Crippen LogP contribution >= 0.6 is 0 Å². The van der Waals surface area contributed by atoms with Crippen molar-refractivity contribution in [3.8, 4) is 0 Å². The molecular formula is C7H11INO2-. The molecule has 2 saturated heterocycles. The van der Waals surface area contributed by atoms with Crippen molar-refractivity contribution in [3.63, 3.8) is 0 Å². The number of fused-ring (bicyclic) bond motifs is 2. The molecule has 2 bridgehead atoms. The van der Waals surface area contributed by atoms with E-state index in [4.69, 9.17) is 3.07 Å². The molecule has 2 fully saturated rings. The normalized spacial score (nSPS) is 36.6. The zero-order valence-electron chi connectivity index (χ0n) is 6.42. The average Bonchev–Trinajstić information content (AvgIpc) is 2.23. The summed E-state index contributed by atoms with van der Waals surface area (Å²) in [6.45, 7) is 2.46. The van der Waals surface area contributed by atoms with Gasteiger partial charge in [-0.05, 0) is 0 Å². The quantitative estimate of drug-likeness (QED) is 0.273. The van der Waals surface area contributed by atoms with Gasteiger partial charge in [0.05, 0.1) is 0 Å². The van der Waals surface area contributed by atoms with Crippen LogP contribution in [0, 0.1) is 0 Å². The van der Waals surface area contributed by atoms with Crippen LogP contribution in [0.15, 0.2) is 0 Å². The molecule has 2 rings (SSSR count). The first kappa shape index (κ1) is 7.79. The predicted molar refractivity (Wildman–Crippen MR) is 35.3 cm³/mol. The van der Waals surface area contributed by atoms with Gasteiger partial charge in [-0.25, -0.2) is 0 Å². The number of amides is 1. The third-order valence-electron chi connectivity index (χ3n) is 2.22. The molecule has 0 aromatic rings. The molecule has 2 heterocycles. The summed E-state index contributed by atoms with van der Waals surface area (Å²) in [5.41, 5.74) is 0. The Morgan fingerprint density at radius 3 is 3.00 bits per heavy atom. The number of halogens is 1.